The van der Waals surface area contributed by atoms with Crippen molar-refractivity contribution in [2.45, 2.75) is 45.7 Å². The molecular weight excluding hydrogens is 366 g/mol. The predicted octanol–water partition coefficient (Wildman–Crippen LogP) is 3.53. The molecule has 3 N–H and O–H groups in total. The van der Waals surface area contributed by atoms with Crippen LogP contribution < -0.4 is 20.9 Å². The number of hydrogen-bond donors (Lipinski definition) is 3. The lowest BCUT2D eigenvalue weighted by Crippen LogP contribution is -2.34. The molecule has 3 rings (SSSR count). The normalized spacial score (nSPS) is 13.8. The lowest BCUT2D eigenvalue weighted by atomic mass is 10.1. The first-order chi connectivity index (χ1) is 14.0. The van der Waals surface area contributed by atoms with Gasteiger partial charge in [0.15, 0.2) is 0 Å². The van der Waals surface area contributed by atoms with E-state index in [1.165, 1.54) is 19.3 Å². The van der Waals surface area contributed by atoms with Gasteiger partial charge in [-0.15, -0.1) is 0 Å². The van der Waals surface area contributed by atoms with Crippen LogP contribution in [0, 0.1) is 0 Å². The van der Waals surface area contributed by atoms with Crippen molar-refractivity contribution < 1.29 is 9.59 Å². The second-order valence-electron chi connectivity index (χ2n) is 7.58. The fourth-order valence-corrected chi connectivity index (χ4v) is 3.29. The lowest BCUT2D eigenvalue weighted by molar-refractivity contribution is 0.0951. The number of carbonyl (C=O) groups excluding carboxylic acids is 2. The van der Waals surface area contributed by atoms with Gasteiger partial charge in [-0.3, -0.25) is 4.79 Å². The van der Waals surface area contributed by atoms with Crippen LogP contribution in [-0.2, 0) is 6.54 Å². The maximum atomic E-state index is 12.4. The Bertz CT molecular complexity index is 829. The van der Waals surface area contributed by atoms with E-state index in [1.807, 2.05) is 26.0 Å². The molecule has 1 aromatic carbocycles. The molecular formula is C22H29N5O2. The molecule has 0 atom stereocenters. The molecule has 0 bridgehead atoms. The highest BCUT2D eigenvalue weighted by Gasteiger charge is 2.13. The molecule has 154 valence electrons. The zero-order valence-corrected chi connectivity index (χ0v) is 17.1. The molecule has 7 nitrogen and oxygen atoms in total. The molecule has 0 saturated carbocycles. The Kier molecular flexibility index (Phi) is 7.05. The van der Waals surface area contributed by atoms with Gasteiger partial charge < -0.3 is 20.9 Å². The molecule has 7 heteroatoms. The molecule has 3 amide bonds. The van der Waals surface area contributed by atoms with Crippen molar-refractivity contribution in [2.24, 2.45) is 0 Å². The highest BCUT2D eigenvalue weighted by molar-refractivity contribution is 5.95. The number of nitrogens with one attached hydrogen (secondary N) is 3. The Labute approximate surface area is 171 Å². The van der Waals surface area contributed by atoms with E-state index >= 15 is 0 Å². The van der Waals surface area contributed by atoms with Gasteiger partial charge in [-0.1, -0.05) is 0 Å². The zero-order chi connectivity index (χ0) is 20.6. The Morgan fingerprint density at radius 3 is 2.48 bits per heavy atom. The van der Waals surface area contributed by atoms with E-state index in [1.54, 1.807) is 30.5 Å². The molecule has 0 radical (unpaired) electrons. The van der Waals surface area contributed by atoms with Crippen LogP contribution in [0.1, 0.15) is 49.0 Å². The number of hydrogen-bond acceptors (Lipinski definition) is 4. The summed E-state index contributed by atoms with van der Waals surface area (Å²) in [6.07, 6.45) is 5.48. The van der Waals surface area contributed by atoms with Crippen molar-refractivity contribution in [1.29, 1.82) is 0 Å². The number of urea groups is 1. The highest BCUT2D eigenvalue weighted by atomic mass is 16.2. The van der Waals surface area contributed by atoms with Crippen LogP contribution in [-0.4, -0.2) is 36.1 Å². The molecule has 0 spiro atoms. The number of benzene rings is 1. The first-order valence-corrected chi connectivity index (χ1v) is 10.2. The van der Waals surface area contributed by atoms with E-state index in [2.05, 4.69) is 25.8 Å². The summed E-state index contributed by atoms with van der Waals surface area (Å²) >= 11 is 0. The van der Waals surface area contributed by atoms with Gasteiger partial charge in [0.05, 0.1) is 0 Å². The standard InChI is InChI=1S/C22H29N5O2/c1-16(2)25-22(29)26-19-8-6-18(7-9-19)21(28)24-15-17-10-11-23-20(14-17)27-12-4-3-5-13-27/h6-11,14,16H,3-5,12-13,15H2,1-2H3,(H,24,28)(H2,25,26,29). The summed E-state index contributed by atoms with van der Waals surface area (Å²) in [5.74, 6) is 0.825. The number of piperidine rings is 1. The van der Waals surface area contributed by atoms with Crippen LogP contribution in [0.15, 0.2) is 42.6 Å². The lowest BCUT2D eigenvalue weighted by Gasteiger charge is -2.27. The number of carbonyl (C=O) groups is 2. The summed E-state index contributed by atoms with van der Waals surface area (Å²) < 4.78 is 0. The van der Waals surface area contributed by atoms with Crippen molar-refractivity contribution in [2.75, 3.05) is 23.3 Å². The van der Waals surface area contributed by atoms with Crippen LogP contribution >= 0.6 is 0 Å². The Balaban J connectivity index is 1.53. The third-order valence-corrected chi connectivity index (χ3v) is 4.77. The molecule has 1 aliphatic rings. The molecule has 1 fully saturated rings. The van der Waals surface area contributed by atoms with Crippen LogP contribution in [0.25, 0.3) is 0 Å². The van der Waals surface area contributed by atoms with Gasteiger partial charge in [0.25, 0.3) is 5.91 Å². The third kappa shape index (κ3) is 6.20. The van der Waals surface area contributed by atoms with E-state index in [0.717, 1.165) is 24.5 Å². The van der Waals surface area contributed by atoms with Crippen LogP contribution in [0.3, 0.4) is 0 Å². The zero-order valence-electron chi connectivity index (χ0n) is 17.1. The van der Waals surface area contributed by atoms with Crippen molar-refractivity contribution in [3.8, 4) is 0 Å². The van der Waals surface area contributed by atoms with Gasteiger partial charge in [0, 0.05) is 43.1 Å². The summed E-state index contributed by atoms with van der Waals surface area (Å²) in [7, 11) is 0. The maximum Gasteiger partial charge on any atom is 0.319 e. The number of anilines is 2. The summed E-state index contributed by atoms with van der Waals surface area (Å²) in [5, 5.41) is 8.45. The van der Waals surface area contributed by atoms with Crippen molar-refractivity contribution in [3.05, 3.63) is 53.7 Å². The highest BCUT2D eigenvalue weighted by Crippen LogP contribution is 2.18. The quantitative estimate of drug-likeness (QED) is 0.698. The SMILES string of the molecule is CC(C)NC(=O)Nc1ccc(C(=O)NCc2ccnc(N3CCCCC3)c2)cc1. The van der Waals surface area contributed by atoms with Gasteiger partial charge in [-0.2, -0.15) is 0 Å². The molecule has 29 heavy (non-hydrogen) atoms. The summed E-state index contributed by atoms with van der Waals surface area (Å²) in [6.45, 7) is 6.31. The molecule has 1 aromatic heterocycles. The van der Waals surface area contributed by atoms with Gasteiger partial charge in [0.1, 0.15) is 5.82 Å². The molecule has 1 saturated heterocycles. The smallest absolute Gasteiger partial charge is 0.319 e. The van der Waals surface area contributed by atoms with Crippen LogP contribution in [0.2, 0.25) is 0 Å². The van der Waals surface area contributed by atoms with Crippen molar-refractivity contribution in [1.82, 2.24) is 15.6 Å². The molecule has 0 unspecified atom stereocenters. The number of rotatable bonds is 6. The second kappa shape index (κ2) is 9.91. The molecule has 2 aromatic rings. The fraction of sp³-hybridized carbons (Fsp3) is 0.409. The minimum Gasteiger partial charge on any atom is -0.357 e. The number of nitrogens with zero attached hydrogens (tertiary/aromatic N) is 2. The Hall–Kier alpha value is -3.09. The summed E-state index contributed by atoms with van der Waals surface area (Å²) in [6, 6.07) is 10.6. The van der Waals surface area contributed by atoms with Crippen molar-refractivity contribution >= 4 is 23.4 Å². The molecule has 2 heterocycles. The first-order valence-electron chi connectivity index (χ1n) is 10.2. The second-order valence-corrected chi connectivity index (χ2v) is 7.58. The Morgan fingerprint density at radius 2 is 1.79 bits per heavy atom. The largest absolute Gasteiger partial charge is 0.357 e. The average Bonchev–Trinajstić information content (AvgIpc) is 2.73. The van der Waals surface area contributed by atoms with E-state index < -0.39 is 0 Å². The maximum absolute atomic E-state index is 12.4. The Morgan fingerprint density at radius 1 is 1.07 bits per heavy atom. The summed E-state index contributed by atoms with van der Waals surface area (Å²) in [4.78, 5) is 31.0. The minimum atomic E-state index is -0.264. The van der Waals surface area contributed by atoms with E-state index in [-0.39, 0.29) is 18.0 Å². The van der Waals surface area contributed by atoms with Crippen LogP contribution in [0.5, 0.6) is 0 Å². The topological polar surface area (TPSA) is 86.4 Å². The van der Waals surface area contributed by atoms with Gasteiger partial charge in [-0.05, 0) is 75.1 Å². The third-order valence-electron chi connectivity index (χ3n) is 4.77. The number of pyridine rings is 1. The monoisotopic (exact) mass is 395 g/mol. The van der Waals surface area contributed by atoms with Crippen molar-refractivity contribution in [3.63, 3.8) is 0 Å². The van der Waals surface area contributed by atoms with E-state index in [9.17, 15) is 9.59 Å². The van der Waals surface area contributed by atoms with Gasteiger partial charge in [0.2, 0.25) is 0 Å². The number of amides is 3. The van der Waals surface area contributed by atoms with E-state index in [0.29, 0.717) is 17.8 Å². The van der Waals surface area contributed by atoms with Gasteiger partial charge in [-0.25, -0.2) is 9.78 Å². The molecule has 0 aliphatic carbocycles. The van der Waals surface area contributed by atoms with Gasteiger partial charge >= 0.3 is 6.03 Å². The summed E-state index contributed by atoms with van der Waals surface area (Å²) in [5.41, 5.74) is 2.21. The van der Waals surface area contributed by atoms with E-state index in [4.69, 9.17) is 0 Å². The fourth-order valence-electron chi connectivity index (χ4n) is 3.29. The average molecular weight is 396 g/mol. The minimum absolute atomic E-state index is 0.0590. The van der Waals surface area contributed by atoms with Crippen LogP contribution in [0.4, 0.5) is 16.3 Å². The predicted molar refractivity (Wildman–Crippen MR) is 115 cm³/mol. The first kappa shape index (κ1) is 20.6. The number of aromatic nitrogens is 1. The molecule has 1 aliphatic heterocycles.